The normalized spacial score (nSPS) is 24.5. The number of aromatic nitrogens is 1. The lowest BCUT2D eigenvalue weighted by molar-refractivity contribution is -0.136. The van der Waals surface area contributed by atoms with Crippen molar-refractivity contribution in [2.75, 3.05) is 38.3 Å². The molecule has 7 nitrogen and oxygen atoms in total. The van der Waals surface area contributed by atoms with Gasteiger partial charge in [0, 0.05) is 31.8 Å². The molecule has 0 aromatic carbocycles. The highest BCUT2D eigenvalue weighted by Crippen LogP contribution is 2.38. The predicted molar refractivity (Wildman–Crippen MR) is 104 cm³/mol. The van der Waals surface area contributed by atoms with Crippen LogP contribution in [0.3, 0.4) is 0 Å². The minimum absolute atomic E-state index is 0.0192. The molecule has 1 saturated carbocycles. The van der Waals surface area contributed by atoms with Gasteiger partial charge in [-0.15, -0.1) is 0 Å². The number of rotatable bonds is 4. The fourth-order valence-corrected chi connectivity index (χ4v) is 4.73. The average Bonchev–Trinajstić information content (AvgIpc) is 3.04. The highest BCUT2D eigenvalue weighted by Gasteiger charge is 2.46. The molecule has 1 atom stereocenters. The number of hydrogen-bond donors (Lipinski definition) is 0. The molecule has 2 amide bonds. The van der Waals surface area contributed by atoms with E-state index >= 15 is 0 Å². The van der Waals surface area contributed by atoms with Gasteiger partial charge in [-0.05, 0) is 50.7 Å². The third kappa shape index (κ3) is 3.85. The van der Waals surface area contributed by atoms with Gasteiger partial charge in [0.15, 0.2) is 0 Å². The van der Waals surface area contributed by atoms with Crippen LogP contribution in [0.15, 0.2) is 18.2 Å². The number of carbonyl (C=O) groups is 2. The van der Waals surface area contributed by atoms with E-state index in [4.69, 9.17) is 14.5 Å². The minimum Gasteiger partial charge on any atom is -0.441 e. The standard InChI is InChI=1S/C21H29N3O4/c1-27-14-19(25)23-12-6-7-16(13-23)17-8-5-9-18(22-17)24-15-21(28-20(24)26)10-3-2-4-11-21/h5,8-9,16H,2-4,6-7,10-15H2,1H3. The maximum absolute atomic E-state index is 12.5. The van der Waals surface area contributed by atoms with Crippen LogP contribution in [0, 0.1) is 0 Å². The summed E-state index contributed by atoms with van der Waals surface area (Å²) < 4.78 is 10.8. The van der Waals surface area contributed by atoms with E-state index in [1.807, 2.05) is 23.1 Å². The van der Waals surface area contributed by atoms with Crippen LogP contribution in [0.5, 0.6) is 0 Å². The molecule has 0 radical (unpaired) electrons. The van der Waals surface area contributed by atoms with Gasteiger partial charge in [-0.3, -0.25) is 9.69 Å². The van der Waals surface area contributed by atoms with Crippen LogP contribution in [-0.4, -0.2) is 60.8 Å². The first-order valence-corrected chi connectivity index (χ1v) is 10.3. The first kappa shape index (κ1) is 19.2. The third-order valence-electron chi connectivity index (χ3n) is 6.23. The lowest BCUT2D eigenvalue weighted by Gasteiger charge is -2.32. The van der Waals surface area contributed by atoms with Gasteiger partial charge in [-0.25, -0.2) is 9.78 Å². The summed E-state index contributed by atoms with van der Waals surface area (Å²) >= 11 is 0. The highest BCUT2D eigenvalue weighted by molar-refractivity contribution is 5.89. The molecule has 1 spiro atoms. The molecule has 152 valence electrons. The lowest BCUT2D eigenvalue weighted by Crippen LogP contribution is -2.41. The van der Waals surface area contributed by atoms with Crippen LogP contribution in [0.25, 0.3) is 0 Å². The Morgan fingerprint density at radius 2 is 2.11 bits per heavy atom. The van der Waals surface area contributed by atoms with Crippen molar-refractivity contribution < 1.29 is 19.1 Å². The first-order chi connectivity index (χ1) is 13.6. The zero-order valence-electron chi connectivity index (χ0n) is 16.6. The van der Waals surface area contributed by atoms with Gasteiger partial charge < -0.3 is 14.4 Å². The van der Waals surface area contributed by atoms with E-state index in [1.165, 1.54) is 6.42 Å². The number of likely N-dealkylation sites (tertiary alicyclic amines) is 1. The van der Waals surface area contributed by atoms with Crippen molar-refractivity contribution in [3.05, 3.63) is 23.9 Å². The maximum Gasteiger partial charge on any atom is 0.416 e. The SMILES string of the molecule is COCC(=O)N1CCCC(c2cccc(N3CC4(CCCCC4)OC3=O)n2)C1. The van der Waals surface area contributed by atoms with Gasteiger partial charge in [-0.1, -0.05) is 12.5 Å². The summed E-state index contributed by atoms with van der Waals surface area (Å²) in [5.41, 5.74) is 0.603. The second-order valence-electron chi connectivity index (χ2n) is 8.23. The fraction of sp³-hybridized carbons (Fsp3) is 0.667. The topological polar surface area (TPSA) is 72.0 Å². The molecular formula is C21H29N3O4. The van der Waals surface area contributed by atoms with Crippen LogP contribution in [-0.2, 0) is 14.3 Å². The Labute approximate surface area is 166 Å². The van der Waals surface area contributed by atoms with Gasteiger partial charge in [0.2, 0.25) is 5.91 Å². The molecule has 1 aromatic rings. The van der Waals surface area contributed by atoms with Crippen molar-refractivity contribution in [3.63, 3.8) is 0 Å². The molecule has 3 fully saturated rings. The van der Waals surface area contributed by atoms with E-state index in [2.05, 4.69) is 0 Å². The first-order valence-electron chi connectivity index (χ1n) is 10.3. The monoisotopic (exact) mass is 387 g/mol. The van der Waals surface area contributed by atoms with Crippen molar-refractivity contribution in [2.45, 2.75) is 56.5 Å². The molecular weight excluding hydrogens is 358 g/mol. The summed E-state index contributed by atoms with van der Waals surface area (Å²) in [4.78, 5) is 33.1. The van der Waals surface area contributed by atoms with E-state index in [0.29, 0.717) is 18.9 Å². The Kier molecular flexibility index (Phi) is 5.53. The minimum atomic E-state index is -0.332. The number of anilines is 1. The number of carbonyl (C=O) groups excluding carboxylic acids is 2. The Bertz CT molecular complexity index is 732. The molecule has 28 heavy (non-hydrogen) atoms. The molecule has 7 heteroatoms. The maximum atomic E-state index is 12.5. The summed E-state index contributed by atoms with van der Waals surface area (Å²) in [5, 5.41) is 0. The van der Waals surface area contributed by atoms with E-state index < -0.39 is 0 Å². The largest absolute Gasteiger partial charge is 0.441 e. The molecule has 4 rings (SSSR count). The van der Waals surface area contributed by atoms with Gasteiger partial charge in [0.1, 0.15) is 18.0 Å². The van der Waals surface area contributed by atoms with Crippen LogP contribution >= 0.6 is 0 Å². The van der Waals surface area contributed by atoms with E-state index in [0.717, 1.165) is 50.8 Å². The zero-order chi connectivity index (χ0) is 19.6. The molecule has 2 saturated heterocycles. The molecule has 1 aliphatic carbocycles. The summed E-state index contributed by atoms with van der Waals surface area (Å²) in [5.74, 6) is 0.854. The van der Waals surface area contributed by atoms with Crippen LogP contribution in [0.2, 0.25) is 0 Å². The van der Waals surface area contributed by atoms with Crippen LogP contribution in [0.4, 0.5) is 10.6 Å². The van der Waals surface area contributed by atoms with Crippen molar-refractivity contribution in [1.82, 2.24) is 9.88 Å². The zero-order valence-corrected chi connectivity index (χ0v) is 16.6. The third-order valence-corrected chi connectivity index (χ3v) is 6.23. The number of methoxy groups -OCH3 is 1. The summed E-state index contributed by atoms with van der Waals surface area (Å²) in [6.07, 6.45) is 6.97. The van der Waals surface area contributed by atoms with Gasteiger partial charge in [0.05, 0.1) is 6.54 Å². The van der Waals surface area contributed by atoms with Crippen molar-refractivity contribution in [3.8, 4) is 0 Å². The molecule has 0 bridgehead atoms. The highest BCUT2D eigenvalue weighted by atomic mass is 16.6. The van der Waals surface area contributed by atoms with Gasteiger partial charge in [-0.2, -0.15) is 0 Å². The number of pyridine rings is 1. The second kappa shape index (κ2) is 8.07. The summed E-state index contributed by atoms with van der Waals surface area (Å²) in [6, 6.07) is 5.83. The summed E-state index contributed by atoms with van der Waals surface area (Å²) in [6.45, 7) is 2.11. The Morgan fingerprint density at radius 1 is 1.29 bits per heavy atom. The van der Waals surface area contributed by atoms with Crippen molar-refractivity contribution >= 4 is 17.8 Å². The second-order valence-corrected chi connectivity index (χ2v) is 8.23. The predicted octanol–water partition coefficient (Wildman–Crippen LogP) is 3.09. The van der Waals surface area contributed by atoms with Gasteiger partial charge >= 0.3 is 6.09 Å². The number of hydrogen-bond acceptors (Lipinski definition) is 5. The van der Waals surface area contributed by atoms with Crippen LogP contribution < -0.4 is 4.90 Å². The van der Waals surface area contributed by atoms with Gasteiger partial charge in [0.25, 0.3) is 0 Å². The van der Waals surface area contributed by atoms with Crippen molar-refractivity contribution in [2.24, 2.45) is 0 Å². The average molecular weight is 387 g/mol. The quantitative estimate of drug-likeness (QED) is 0.794. The molecule has 1 unspecified atom stereocenters. The summed E-state index contributed by atoms with van der Waals surface area (Å²) in [7, 11) is 1.54. The molecule has 1 aromatic heterocycles. The van der Waals surface area contributed by atoms with E-state index in [9.17, 15) is 9.59 Å². The fourth-order valence-electron chi connectivity index (χ4n) is 4.73. The number of piperidine rings is 1. The number of nitrogens with zero attached hydrogens (tertiary/aromatic N) is 3. The van der Waals surface area contributed by atoms with E-state index in [-0.39, 0.29) is 30.1 Å². The Morgan fingerprint density at radius 3 is 2.89 bits per heavy atom. The number of amides is 2. The molecule has 3 aliphatic rings. The molecule has 0 N–H and O–H groups in total. The Hall–Kier alpha value is -2.15. The molecule has 2 aliphatic heterocycles. The Balaban J connectivity index is 1.48. The lowest BCUT2D eigenvalue weighted by atomic mass is 9.85. The van der Waals surface area contributed by atoms with Crippen LogP contribution in [0.1, 0.15) is 56.6 Å². The molecule has 3 heterocycles. The number of ether oxygens (including phenoxy) is 2. The van der Waals surface area contributed by atoms with Crippen molar-refractivity contribution in [1.29, 1.82) is 0 Å². The van der Waals surface area contributed by atoms with E-state index in [1.54, 1.807) is 12.0 Å². The smallest absolute Gasteiger partial charge is 0.416 e.